The Morgan fingerprint density at radius 3 is 2.45 bits per heavy atom. The van der Waals surface area contributed by atoms with Gasteiger partial charge in [-0.3, -0.25) is 4.79 Å². The zero-order valence-corrected chi connectivity index (χ0v) is 7.90. The maximum Gasteiger partial charge on any atom is 0.305 e. The quantitative estimate of drug-likeness (QED) is 0.381. The van der Waals surface area contributed by atoms with Crippen LogP contribution in [0.2, 0.25) is 0 Å². The van der Waals surface area contributed by atoms with Gasteiger partial charge in [0.1, 0.15) is 0 Å². The molecule has 66 valence electrons. The smallest absolute Gasteiger partial charge is 0.305 e. The molecule has 0 radical (unpaired) electrons. The van der Waals surface area contributed by atoms with Gasteiger partial charge in [-0.05, 0) is 18.6 Å². The van der Waals surface area contributed by atoms with Gasteiger partial charge in [-0.2, -0.15) is 12.6 Å². The summed E-state index contributed by atoms with van der Waals surface area (Å²) in [6.07, 6.45) is 4.92. The molecule has 0 aliphatic heterocycles. The van der Waals surface area contributed by atoms with E-state index in [1.165, 1.54) is 13.5 Å². The molecule has 0 heterocycles. The number of hydrogen-bond acceptors (Lipinski definition) is 3. The molecule has 0 aliphatic carbocycles. The summed E-state index contributed by atoms with van der Waals surface area (Å²) >= 11 is 4.09. The third kappa shape index (κ3) is 7.72. The van der Waals surface area contributed by atoms with Gasteiger partial charge in [-0.1, -0.05) is 12.8 Å². The molecule has 2 nitrogen and oxygen atoms in total. The van der Waals surface area contributed by atoms with Crippen molar-refractivity contribution in [3.05, 3.63) is 0 Å². The van der Waals surface area contributed by atoms with Crippen molar-refractivity contribution >= 4 is 18.6 Å². The first kappa shape index (κ1) is 10.8. The molecule has 0 aliphatic rings. The van der Waals surface area contributed by atoms with Gasteiger partial charge in [-0.25, -0.2) is 0 Å². The Balaban J connectivity index is 2.95. The van der Waals surface area contributed by atoms with Crippen LogP contribution in [-0.2, 0) is 9.53 Å². The molecule has 3 heteroatoms. The van der Waals surface area contributed by atoms with E-state index in [1.807, 2.05) is 0 Å². The van der Waals surface area contributed by atoms with Crippen LogP contribution in [0.3, 0.4) is 0 Å². The predicted octanol–water partition coefficient (Wildman–Crippen LogP) is 2.04. The molecule has 0 aromatic rings. The first-order chi connectivity index (χ1) is 5.31. The fourth-order valence-corrected chi connectivity index (χ4v) is 1.06. The van der Waals surface area contributed by atoms with E-state index in [0.29, 0.717) is 6.42 Å². The van der Waals surface area contributed by atoms with E-state index in [2.05, 4.69) is 17.4 Å². The van der Waals surface area contributed by atoms with Crippen molar-refractivity contribution in [1.29, 1.82) is 0 Å². The van der Waals surface area contributed by atoms with Crippen LogP contribution in [0.5, 0.6) is 0 Å². The molecule has 0 aromatic heterocycles. The molecular weight excluding hydrogens is 160 g/mol. The first-order valence-corrected chi connectivity index (χ1v) is 4.62. The summed E-state index contributed by atoms with van der Waals surface area (Å²) in [4.78, 5) is 10.6. The molecule has 0 fully saturated rings. The summed E-state index contributed by atoms with van der Waals surface area (Å²) in [6.45, 7) is 0. The van der Waals surface area contributed by atoms with Gasteiger partial charge >= 0.3 is 5.97 Å². The maximum absolute atomic E-state index is 10.6. The Morgan fingerprint density at radius 2 is 1.91 bits per heavy atom. The van der Waals surface area contributed by atoms with E-state index in [9.17, 15) is 4.79 Å². The third-order valence-electron chi connectivity index (χ3n) is 1.52. The molecule has 0 amide bonds. The SMILES string of the molecule is COC(=O)CCCCCCS. The molecule has 11 heavy (non-hydrogen) atoms. The summed E-state index contributed by atoms with van der Waals surface area (Å²) in [7, 11) is 1.43. The highest BCUT2D eigenvalue weighted by atomic mass is 32.1. The predicted molar refractivity (Wildman–Crippen MR) is 49.0 cm³/mol. The van der Waals surface area contributed by atoms with Crippen molar-refractivity contribution in [2.45, 2.75) is 32.1 Å². The summed E-state index contributed by atoms with van der Waals surface area (Å²) < 4.78 is 4.50. The van der Waals surface area contributed by atoms with Crippen molar-refractivity contribution in [1.82, 2.24) is 0 Å². The minimum atomic E-state index is -0.101. The molecule has 0 saturated heterocycles. The number of rotatable bonds is 6. The lowest BCUT2D eigenvalue weighted by Gasteiger charge is -1.98. The Morgan fingerprint density at radius 1 is 1.27 bits per heavy atom. The van der Waals surface area contributed by atoms with Crippen molar-refractivity contribution in [3.63, 3.8) is 0 Å². The van der Waals surface area contributed by atoms with E-state index >= 15 is 0 Å². The van der Waals surface area contributed by atoms with E-state index in [1.54, 1.807) is 0 Å². The van der Waals surface area contributed by atoms with Gasteiger partial charge in [0.05, 0.1) is 7.11 Å². The molecule has 0 N–H and O–H groups in total. The fourth-order valence-electron chi connectivity index (χ4n) is 0.837. The minimum Gasteiger partial charge on any atom is -0.469 e. The lowest BCUT2D eigenvalue weighted by Crippen LogP contribution is -1.99. The standard InChI is InChI=1S/C8H16O2S/c1-10-8(9)6-4-2-3-5-7-11/h11H,2-7H2,1H3. The van der Waals surface area contributed by atoms with Gasteiger partial charge in [0, 0.05) is 6.42 Å². The second kappa shape index (κ2) is 7.92. The van der Waals surface area contributed by atoms with Crippen LogP contribution in [0, 0.1) is 0 Å². The molecule has 0 bridgehead atoms. The average Bonchev–Trinajstić information content (AvgIpc) is 2.04. The minimum absolute atomic E-state index is 0.101. The summed E-state index contributed by atoms with van der Waals surface area (Å²) in [5.74, 6) is 0.842. The van der Waals surface area contributed by atoms with Crippen LogP contribution in [-0.4, -0.2) is 18.8 Å². The lowest BCUT2D eigenvalue weighted by atomic mass is 10.2. The first-order valence-electron chi connectivity index (χ1n) is 3.99. The topological polar surface area (TPSA) is 26.3 Å². The summed E-state index contributed by atoms with van der Waals surface area (Å²) in [5.41, 5.74) is 0. The van der Waals surface area contributed by atoms with Crippen molar-refractivity contribution in [2.75, 3.05) is 12.9 Å². The highest BCUT2D eigenvalue weighted by Crippen LogP contribution is 2.03. The van der Waals surface area contributed by atoms with Crippen LogP contribution < -0.4 is 0 Å². The van der Waals surface area contributed by atoms with Gasteiger partial charge in [-0.15, -0.1) is 0 Å². The van der Waals surface area contributed by atoms with Gasteiger partial charge in [0.25, 0.3) is 0 Å². The Labute approximate surface area is 73.7 Å². The van der Waals surface area contributed by atoms with Crippen LogP contribution in [0.25, 0.3) is 0 Å². The second-order valence-electron chi connectivity index (χ2n) is 2.46. The zero-order valence-electron chi connectivity index (χ0n) is 7.01. The van der Waals surface area contributed by atoms with E-state index < -0.39 is 0 Å². The summed E-state index contributed by atoms with van der Waals surface area (Å²) in [6, 6.07) is 0. The molecule has 0 unspecified atom stereocenters. The van der Waals surface area contributed by atoms with Crippen molar-refractivity contribution in [3.8, 4) is 0 Å². The fraction of sp³-hybridized carbons (Fsp3) is 0.875. The molecule has 0 spiro atoms. The number of ether oxygens (including phenoxy) is 1. The van der Waals surface area contributed by atoms with Gasteiger partial charge in [0.2, 0.25) is 0 Å². The molecule has 0 atom stereocenters. The van der Waals surface area contributed by atoms with Crippen LogP contribution in [0.4, 0.5) is 0 Å². The molecule has 0 saturated carbocycles. The number of thiol groups is 1. The number of unbranched alkanes of at least 4 members (excludes halogenated alkanes) is 3. The third-order valence-corrected chi connectivity index (χ3v) is 1.83. The van der Waals surface area contributed by atoms with E-state index in [-0.39, 0.29) is 5.97 Å². The highest BCUT2D eigenvalue weighted by Gasteiger charge is 1.97. The monoisotopic (exact) mass is 176 g/mol. The van der Waals surface area contributed by atoms with Crippen molar-refractivity contribution in [2.24, 2.45) is 0 Å². The van der Waals surface area contributed by atoms with Gasteiger partial charge < -0.3 is 4.74 Å². The number of esters is 1. The molecule has 0 rings (SSSR count). The van der Waals surface area contributed by atoms with Crippen molar-refractivity contribution < 1.29 is 9.53 Å². The molecular formula is C8H16O2S. The number of hydrogen-bond donors (Lipinski definition) is 1. The maximum atomic E-state index is 10.6. The zero-order chi connectivity index (χ0) is 8.53. The Kier molecular flexibility index (Phi) is 7.79. The number of carbonyl (C=O) groups excluding carboxylic acids is 1. The van der Waals surface area contributed by atoms with Gasteiger partial charge in [0.15, 0.2) is 0 Å². The average molecular weight is 176 g/mol. The largest absolute Gasteiger partial charge is 0.469 e. The van der Waals surface area contributed by atoms with E-state index in [0.717, 1.165) is 25.0 Å². The highest BCUT2D eigenvalue weighted by molar-refractivity contribution is 7.80. The molecule has 0 aromatic carbocycles. The number of carbonyl (C=O) groups is 1. The number of methoxy groups -OCH3 is 1. The lowest BCUT2D eigenvalue weighted by molar-refractivity contribution is -0.140. The Bertz CT molecular complexity index is 104. The van der Waals surface area contributed by atoms with Crippen LogP contribution in [0.1, 0.15) is 32.1 Å². The Hall–Kier alpha value is -0.180. The van der Waals surface area contributed by atoms with Crippen LogP contribution in [0.15, 0.2) is 0 Å². The normalized spacial score (nSPS) is 9.64. The summed E-state index contributed by atoms with van der Waals surface area (Å²) in [5, 5.41) is 0. The van der Waals surface area contributed by atoms with Crippen LogP contribution >= 0.6 is 12.6 Å². The second-order valence-corrected chi connectivity index (χ2v) is 2.91. The van der Waals surface area contributed by atoms with E-state index in [4.69, 9.17) is 0 Å².